The molecule has 10 heteroatoms. The molecule has 5 rings (SSSR count). The first kappa shape index (κ1) is 22.6. The summed E-state index contributed by atoms with van der Waals surface area (Å²) < 4.78 is 42.8. The van der Waals surface area contributed by atoms with Gasteiger partial charge >= 0.3 is 6.18 Å². The zero-order valence-corrected chi connectivity index (χ0v) is 19.5. The third-order valence-corrected chi connectivity index (χ3v) is 6.55. The smallest absolute Gasteiger partial charge is 0.382 e. The molecule has 2 N–H and O–H groups in total. The van der Waals surface area contributed by atoms with Gasteiger partial charge in [0.1, 0.15) is 17.0 Å². The largest absolute Gasteiger partial charge is 0.433 e. The average molecular weight is 532 g/mol. The number of aromatic nitrogens is 3. The number of fused-ring (bicyclic) bond motifs is 2. The second-order valence-corrected chi connectivity index (χ2v) is 9.38. The van der Waals surface area contributed by atoms with Crippen LogP contribution < -0.4 is 10.6 Å². The number of carbonyl (C=O) groups excluding carboxylic acids is 1. The number of nitrogens with one attached hydrogen (secondary N) is 2. The van der Waals surface area contributed by atoms with Crippen molar-refractivity contribution in [1.82, 2.24) is 19.7 Å². The van der Waals surface area contributed by atoms with Crippen molar-refractivity contribution in [2.75, 3.05) is 5.32 Å². The van der Waals surface area contributed by atoms with E-state index in [9.17, 15) is 18.0 Å². The number of anilines is 1. The molecule has 6 nitrogen and oxygen atoms in total. The van der Waals surface area contributed by atoms with Gasteiger partial charge in [-0.3, -0.25) is 9.20 Å². The van der Waals surface area contributed by atoms with Gasteiger partial charge in [-0.25, -0.2) is 9.97 Å². The third kappa shape index (κ3) is 4.59. The van der Waals surface area contributed by atoms with Gasteiger partial charge in [0, 0.05) is 33.8 Å². The van der Waals surface area contributed by atoms with Crippen LogP contribution in [0.2, 0.25) is 0 Å². The zero-order valence-electron chi connectivity index (χ0n) is 17.9. The molecule has 0 radical (unpaired) electrons. The summed E-state index contributed by atoms with van der Waals surface area (Å²) in [6.07, 6.45) is 1.84. The molecule has 3 aromatic heterocycles. The van der Waals surface area contributed by atoms with E-state index in [1.165, 1.54) is 6.20 Å². The minimum Gasteiger partial charge on any atom is -0.382 e. The van der Waals surface area contributed by atoms with E-state index in [4.69, 9.17) is 0 Å². The van der Waals surface area contributed by atoms with Crippen molar-refractivity contribution in [3.63, 3.8) is 0 Å². The van der Waals surface area contributed by atoms with Gasteiger partial charge in [0.2, 0.25) is 0 Å². The molecule has 1 aromatic carbocycles. The Morgan fingerprint density at radius 1 is 1.12 bits per heavy atom. The lowest BCUT2D eigenvalue weighted by Crippen LogP contribution is -2.42. The minimum atomic E-state index is -4.54. The van der Waals surface area contributed by atoms with E-state index in [0.29, 0.717) is 34.4 Å². The molecular formula is C24H21BrF3N5O. The molecule has 2 atom stereocenters. The number of pyridine rings is 2. The van der Waals surface area contributed by atoms with Crippen LogP contribution in [0, 0.1) is 0 Å². The van der Waals surface area contributed by atoms with E-state index in [2.05, 4.69) is 36.5 Å². The van der Waals surface area contributed by atoms with Gasteiger partial charge in [0.15, 0.2) is 0 Å². The predicted molar refractivity (Wildman–Crippen MR) is 127 cm³/mol. The van der Waals surface area contributed by atoms with Crippen molar-refractivity contribution >= 4 is 44.1 Å². The Hall–Kier alpha value is -3.14. The molecule has 176 valence electrons. The van der Waals surface area contributed by atoms with Crippen molar-refractivity contribution in [2.45, 2.75) is 43.9 Å². The van der Waals surface area contributed by atoms with E-state index < -0.39 is 11.9 Å². The summed E-state index contributed by atoms with van der Waals surface area (Å²) >= 11 is 3.41. The SMILES string of the molecule is O=C(NC1CCC[C@H](Nc2cc(C(F)(F)F)nc3ccccc23)C1)c1cnc2ccc(Br)cn12. The summed E-state index contributed by atoms with van der Waals surface area (Å²) in [6, 6.07) is 11.3. The number of hydrogen-bond donors (Lipinski definition) is 2. The molecule has 0 saturated heterocycles. The summed E-state index contributed by atoms with van der Waals surface area (Å²) in [5, 5.41) is 7.01. The standard InChI is InChI=1S/C24H21BrF3N5O/c25-14-8-9-22-29-12-20(33(22)13-14)23(34)31-16-5-3-4-15(10-16)30-19-11-21(24(26,27)28)32-18-7-2-1-6-17(18)19/h1-2,6-9,11-13,15-16H,3-5,10H2,(H,30,32)(H,31,34)/t15-,16?/m0/s1. The molecule has 34 heavy (non-hydrogen) atoms. The number of nitrogens with zero attached hydrogens (tertiary/aromatic N) is 3. The summed E-state index contributed by atoms with van der Waals surface area (Å²) in [5.74, 6) is -0.232. The van der Waals surface area contributed by atoms with Crippen LogP contribution in [0.5, 0.6) is 0 Å². The van der Waals surface area contributed by atoms with Gasteiger partial charge in [-0.15, -0.1) is 0 Å². The van der Waals surface area contributed by atoms with Crippen molar-refractivity contribution in [3.8, 4) is 0 Å². The first-order chi connectivity index (χ1) is 16.3. The number of benzene rings is 1. The molecule has 1 amide bonds. The molecule has 1 unspecified atom stereocenters. The molecule has 0 bridgehead atoms. The van der Waals surface area contributed by atoms with Crippen LogP contribution in [0.4, 0.5) is 18.9 Å². The van der Waals surface area contributed by atoms with Crippen LogP contribution in [-0.2, 0) is 6.18 Å². The molecule has 0 spiro atoms. The van der Waals surface area contributed by atoms with Crippen molar-refractivity contribution in [2.24, 2.45) is 0 Å². The maximum atomic E-state index is 13.4. The quantitative estimate of drug-likeness (QED) is 0.348. The van der Waals surface area contributed by atoms with Gasteiger partial charge in [0.25, 0.3) is 5.91 Å². The van der Waals surface area contributed by atoms with E-state index in [0.717, 1.165) is 29.8 Å². The molecule has 1 saturated carbocycles. The van der Waals surface area contributed by atoms with Crippen LogP contribution in [0.15, 0.2) is 59.3 Å². The Kier molecular flexibility index (Phi) is 5.93. The number of imidazole rings is 1. The monoisotopic (exact) mass is 531 g/mol. The number of para-hydroxylation sites is 1. The second-order valence-electron chi connectivity index (χ2n) is 8.47. The molecule has 3 heterocycles. The lowest BCUT2D eigenvalue weighted by Gasteiger charge is -2.31. The Balaban J connectivity index is 1.34. The van der Waals surface area contributed by atoms with Crippen LogP contribution in [0.25, 0.3) is 16.6 Å². The highest BCUT2D eigenvalue weighted by Gasteiger charge is 2.34. The number of alkyl halides is 3. The fraction of sp³-hybridized carbons (Fsp3) is 0.292. The van der Waals surface area contributed by atoms with Crippen molar-refractivity contribution in [1.29, 1.82) is 0 Å². The lowest BCUT2D eigenvalue weighted by molar-refractivity contribution is -0.140. The van der Waals surface area contributed by atoms with Gasteiger partial charge in [-0.05, 0) is 65.9 Å². The summed E-state index contributed by atoms with van der Waals surface area (Å²) in [4.78, 5) is 21.0. The second kappa shape index (κ2) is 8.90. The van der Waals surface area contributed by atoms with Gasteiger partial charge < -0.3 is 10.6 Å². The topological polar surface area (TPSA) is 71.3 Å². The summed E-state index contributed by atoms with van der Waals surface area (Å²) in [5.41, 5.74) is 0.872. The molecule has 1 aliphatic rings. The first-order valence-corrected chi connectivity index (χ1v) is 11.7. The first-order valence-electron chi connectivity index (χ1n) is 10.9. The van der Waals surface area contributed by atoms with Crippen LogP contribution in [0.1, 0.15) is 41.9 Å². The molecular weight excluding hydrogens is 511 g/mol. The molecule has 0 aliphatic heterocycles. The van der Waals surface area contributed by atoms with Crippen molar-refractivity contribution < 1.29 is 18.0 Å². The maximum Gasteiger partial charge on any atom is 0.433 e. The molecule has 1 fully saturated rings. The van der Waals surface area contributed by atoms with Gasteiger partial charge in [-0.1, -0.05) is 18.2 Å². The van der Waals surface area contributed by atoms with E-state index in [1.807, 2.05) is 12.1 Å². The van der Waals surface area contributed by atoms with Gasteiger partial charge in [-0.2, -0.15) is 13.2 Å². The van der Waals surface area contributed by atoms with E-state index >= 15 is 0 Å². The third-order valence-electron chi connectivity index (χ3n) is 6.08. The van der Waals surface area contributed by atoms with Gasteiger partial charge in [0.05, 0.1) is 11.7 Å². The zero-order chi connectivity index (χ0) is 23.9. The Bertz CT molecular complexity index is 1370. The molecule has 4 aromatic rings. The summed E-state index contributed by atoms with van der Waals surface area (Å²) in [6.45, 7) is 0. The number of halogens is 4. The Morgan fingerprint density at radius 3 is 2.74 bits per heavy atom. The van der Waals surface area contributed by atoms with Crippen molar-refractivity contribution in [3.05, 3.63) is 70.7 Å². The van der Waals surface area contributed by atoms with E-state index in [1.54, 1.807) is 34.9 Å². The Labute approximate surface area is 201 Å². The lowest BCUT2D eigenvalue weighted by atomic mass is 9.90. The Morgan fingerprint density at radius 2 is 1.91 bits per heavy atom. The highest BCUT2D eigenvalue weighted by atomic mass is 79.9. The highest BCUT2D eigenvalue weighted by Crippen LogP contribution is 2.34. The fourth-order valence-corrected chi connectivity index (χ4v) is 4.83. The highest BCUT2D eigenvalue weighted by molar-refractivity contribution is 9.10. The van der Waals surface area contributed by atoms with Crippen LogP contribution in [-0.4, -0.2) is 32.4 Å². The minimum absolute atomic E-state index is 0.0812. The summed E-state index contributed by atoms with van der Waals surface area (Å²) in [7, 11) is 0. The number of hydrogen-bond acceptors (Lipinski definition) is 4. The average Bonchev–Trinajstić information content (AvgIpc) is 3.22. The van der Waals surface area contributed by atoms with E-state index in [-0.39, 0.29) is 18.0 Å². The van der Waals surface area contributed by atoms with Crippen LogP contribution in [0.3, 0.4) is 0 Å². The fourth-order valence-electron chi connectivity index (χ4n) is 4.49. The maximum absolute atomic E-state index is 13.4. The number of amides is 1. The predicted octanol–water partition coefficient (Wildman–Crippen LogP) is 5.82. The van der Waals surface area contributed by atoms with Crippen LogP contribution >= 0.6 is 15.9 Å². The number of rotatable bonds is 4. The number of carbonyl (C=O) groups is 1. The molecule has 1 aliphatic carbocycles. The normalized spacial score (nSPS) is 18.8.